The highest BCUT2D eigenvalue weighted by atomic mass is 16.4. The quantitative estimate of drug-likeness (QED) is 0.717. The largest absolute Gasteiger partial charge is 0.459 e. The van der Waals surface area contributed by atoms with Crippen LogP contribution < -0.4 is 5.32 Å². The first-order chi connectivity index (χ1) is 13.2. The Kier molecular flexibility index (Phi) is 3.40. The van der Waals surface area contributed by atoms with E-state index in [1.165, 1.54) is 6.26 Å². The molecule has 136 valence electrons. The zero-order valence-corrected chi connectivity index (χ0v) is 14.3. The summed E-state index contributed by atoms with van der Waals surface area (Å²) >= 11 is 0. The van der Waals surface area contributed by atoms with E-state index in [1.54, 1.807) is 12.1 Å². The summed E-state index contributed by atoms with van der Waals surface area (Å²) in [7, 11) is 0. The molecule has 1 fully saturated rings. The fourth-order valence-electron chi connectivity index (χ4n) is 3.91. The van der Waals surface area contributed by atoms with Crippen molar-refractivity contribution < 1.29 is 18.4 Å². The topological polar surface area (TPSA) is 101 Å². The molecule has 8 heteroatoms. The van der Waals surface area contributed by atoms with Gasteiger partial charge in [0.15, 0.2) is 5.76 Å². The third-order valence-electron chi connectivity index (χ3n) is 5.14. The van der Waals surface area contributed by atoms with E-state index in [-0.39, 0.29) is 24.2 Å². The highest BCUT2D eigenvalue weighted by Crippen LogP contribution is 2.40. The molecule has 3 amide bonds. The van der Waals surface area contributed by atoms with Crippen molar-refractivity contribution >= 4 is 11.9 Å². The zero-order valence-electron chi connectivity index (χ0n) is 14.3. The van der Waals surface area contributed by atoms with E-state index in [9.17, 15) is 9.59 Å². The van der Waals surface area contributed by atoms with Gasteiger partial charge < -0.3 is 14.2 Å². The van der Waals surface area contributed by atoms with Gasteiger partial charge in [0.1, 0.15) is 12.1 Å². The van der Waals surface area contributed by atoms with Gasteiger partial charge in [-0.15, -0.1) is 10.2 Å². The van der Waals surface area contributed by atoms with E-state index in [0.29, 0.717) is 12.2 Å². The molecule has 0 unspecified atom stereocenters. The van der Waals surface area contributed by atoms with Gasteiger partial charge in [0.2, 0.25) is 5.89 Å². The second-order valence-corrected chi connectivity index (χ2v) is 6.72. The van der Waals surface area contributed by atoms with Crippen molar-refractivity contribution in [2.45, 2.75) is 31.3 Å². The van der Waals surface area contributed by atoms with Gasteiger partial charge in [0.25, 0.3) is 11.8 Å². The SMILES string of the molecule is O=C1N[C@]2(CCCc3ccccc32)C(=O)N1Cc1nnc(-c2ccco2)o1. The van der Waals surface area contributed by atoms with Crippen LogP contribution in [0.2, 0.25) is 0 Å². The lowest BCUT2D eigenvalue weighted by molar-refractivity contribution is -0.132. The molecule has 1 saturated heterocycles. The Morgan fingerprint density at radius 2 is 2.04 bits per heavy atom. The van der Waals surface area contributed by atoms with Crippen molar-refractivity contribution in [1.29, 1.82) is 0 Å². The molecule has 3 aromatic rings. The van der Waals surface area contributed by atoms with Crippen molar-refractivity contribution in [2.24, 2.45) is 0 Å². The van der Waals surface area contributed by atoms with Crippen LogP contribution in [0.3, 0.4) is 0 Å². The maximum absolute atomic E-state index is 13.2. The minimum absolute atomic E-state index is 0.0811. The number of aryl methyl sites for hydroxylation is 1. The Bertz CT molecular complexity index is 1030. The van der Waals surface area contributed by atoms with E-state index >= 15 is 0 Å². The number of furan rings is 1. The molecule has 27 heavy (non-hydrogen) atoms. The molecule has 1 N–H and O–H groups in total. The van der Waals surface area contributed by atoms with Crippen molar-refractivity contribution in [3.8, 4) is 11.7 Å². The van der Waals surface area contributed by atoms with Gasteiger partial charge in [0, 0.05) is 0 Å². The van der Waals surface area contributed by atoms with Crippen LogP contribution in [-0.2, 0) is 23.3 Å². The number of aromatic nitrogens is 2. The van der Waals surface area contributed by atoms with E-state index < -0.39 is 11.6 Å². The number of carbonyl (C=O) groups is 2. The molecule has 2 aromatic heterocycles. The second kappa shape index (κ2) is 5.80. The molecular formula is C19H16N4O4. The minimum Gasteiger partial charge on any atom is -0.459 e. The number of nitrogens with zero attached hydrogens (tertiary/aromatic N) is 3. The Balaban J connectivity index is 1.44. The first-order valence-corrected chi connectivity index (χ1v) is 8.76. The Morgan fingerprint density at radius 3 is 2.89 bits per heavy atom. The molecule has 2 aliphatic rings. The molecule has 5 rings (SSSR count). The molecule has 1 aliphatic heterocycles. The lowest BCUT2D eigenvalue weighted by Crippen LogP contribution is -2.46. The molecule has 1 aromatic carbocycles. The summed E-state index contributed by atoms with van der Waals surface area (Å²) in [6.45, 7) is -0.0811. The summed E-state index contributed by atoms with van der Waals surface area (Å²) in [6, 6.07) is 10.7. The summed E-state index contributed by atoms with van der Waals surface area (Å²) in [6.07, 6.45) is 3.81. The fourth-order valence-corrected chi connectivity index (χ4v) is 3.91. The standard InChI is InChI=1S/C19H16N4O4/c24-17-19(9-3-6-12-5-1-2-7-13(12)19)20-18(25)23(17)11-15-21-22-16(27-15)14-8-4-10-26-14/h1-2,4-5,7-8,10H,3,6,9,11H2,(H,20,25)/t19-/m0/s1. The van der Waals surface area contributed by atoms with Crippen molar-refractivity contribution in [3.63, 3.8) is 0 Å². The number of nitrogens with one attached hydrogen (secondary N) is 1. The number of imide groups is 1. The number of benzene rings is 1. The Morgan fingerprint density at radius 1 is 1.15 bits per heavy atom. The van der Waals surface area contributed by atoms with Crippen molar-refractivity contribution in [2.75, 3.05) is 0 Å². The average Bonchev–Trinajstić information content (AvgIpc) is 3.40. The molecule has 1 aliphatic carbocycles. The smallest absolute Gasteiger partial charge is 0.325 e. The van der Waals surface area contributed by atoms with Crippen LogP contribution >= 0.6 is 0 Å². The lowest BCUT2D eigenvalue weighted by Gasteiger charge is -2.33. The first-order valence-electron chi connectivity index (χ1n) is 8.76. The molecule has 3 heterocycles. The van der Waals surface area contributed by atoms with Gasteiger partial charge in [-0.05, 0) is 42.5 Å². The predicted molar refractivity (Wildman–Crippen MR) is 92.1 cm³/mol. The van der Waals surface area contributed by atoms with Crippen LogP contribution in [0.5, 0.6) is 0 Å². The van der Waals surface area contributed by atoms with E-state index in [4.69, 9.17) is 8.83 Å². The first kappa shape index (κ1) is 15.8. The van der Waals surface area contributed by atoms with Crippen LogP contribution in [0, 0.1) is 0 Å². The molecule has 0 radical (unpaired) electrons. The van der Waals surface area contributed by atoms with Crippen LogP contribution in [-0.4, -0.2) is 27.0 Å². The second-order valence-electron chi connectivity index (χ2n) is 6.72. The number of rotatable bonds is 3. The number of carbonyl (C=O) groups excluding carboxylic acids is 2. The fraction of sp³-hybridized carbons (Fsp3) is 0.263. The van der Waals surface area contributed by atoms with Gasteiger partial charge in [-0.2, -0.15) is 0 Å². The van der Waals surface area contributed by atoms with Crippen LogP contribution in [0.4, 0.5) is 4.79 Å². The maximum Gasteiger partial charge on any atom is 0.325 e. The van der Waals surface area contributed by atoms with Crippen LogP contribution in [0.15, 0.2) is 51.5 Å². The van der Waals surface area contributed by atoms with E-state index in [1.807, 2.05) is 24.3 Å². The highest BCUT2D eigenvalue weighted by molar-refractivity contribution is 6.07. The van der Waals surface area contributed by atoms with Gasteiger partial charge in [-0.3, -0.25) is 9.69 Å². The summed E-state index contributed by atoms with van der Waals surface area (Å²) in [5.74, 6) is 0.534. The van der Waals surface area contributed by atoms with E-state index in [2.05, 4.69) is 15.5 Å². The highest BCUT2D eigenvalue weighted by Gasteiger charge is 2.54. The number of urea groups is 1. The van der Waals surface area contributed by atoms with E-state index in [0.717, 1.165) is 28.9 Å². The molecule has 1 atom stereocenters. The summed E-state index contributed by atoms with van der Waals surface area (Å²) in [5, 5.41) is 10.8. The van der Waals surface area contributed by atoms with Gasteiger partial charge >= 0.3 is 6.03 Å². The normalized spacial score (nSPS) is 21.6. The maximum atomic E-state index is 13.2. The summed E-state index contributed by atoms with van der Waals surface area (Å²) in [4.78, 5) is 27.0. The number of hydrogen-bond donors (Lipinski definition) is 1. The average molecular weight is 364 g/mol. The van der Waals surface area contributed by atoms with Crippen molar-refractivity contribution in [1.82, 2.24) is 20.4 Å². The van der Waals surface area contributed by atoms with Gasteiger partial charge in [0.05, 0.1) is 6.26 Å². The lowest BCUT2D eigenvalue weighted by atomic mass is 9.76. The molecule has 0 bridgehead atoms. The zero-order chi connectivity index (χ0) is 18.4. The third kappa shape index (κ3) is 2.37. The third-order valence-corrected chi connectivity index (χ3v) is 5.14. The summed E-state index contributed by atoms with van der Waals surface area (Å²) in [5.41, 5.74) is 0.964. The minimum atomic E-state index is -1.00. The summed E-state index contributed by atoms with van der Waals surface area (Å²) < 4.78 is 10.8. The number of amides is 3. The molecule has 1 spiro atoms. The number of fused-ring (bicyclic) bond motifs is 2. The van der Waals surface area contributed by atoms with Gasteiger partial charge in [-0.1, -0.05) is 24.3 Å². The molecular weight excluding hydrogens is 348 g/mol. The molecule has 8 nitrogen and oxygen atoms in total. The number of hydrogen-bond acceptors (Lipinski definition) is 6. The monoisotopic (exact) mass is 364 g/mol. The van der Waals surface area contributed by atoms with Crippen LogP contribution in [0.25, 0.3) is 11.7 Å². The Hall–Kier alpha value is -3.42. The predicted octanol–water partition coefficient (Wildman–Crippen LogP) is 2.61. The molecule has 0 saturated carbocycles. The van der Waals surface area contributed by atoms with Crippen molar-refractivity contribution in [3.05, 3.63) is 59.7 Å². The van der Waals surface area contributed by atoms with Crippen LogP contribution in [0.1, 0.15) is 29.9 Å². The Labute approximate surface area is 154 Å². The van der Waals surface area contributed by atoms with Gasteiger partial charge in [-0.25, -0.2) is 4.79 Å².